The van der Waals surface area contributed by atoms with Crippen LogP contribution in [0, 0.1) is 0 Å². The summed E-state index contributed by atoms with van der Waals surface area (Å²) in [5.41, 5.74) is 9.62. The van der Waals surface area contributed by atoms with Crippen LogP contribution in [0.15, 0.2) is 46.2 Å². The Bertz CT molecular complexity index is 2030. The van der Waals surface area contributed by atoms with E-state index in [0.717, 1.165) is 56.6 Å². The summed E-state index contributed by atoms with van der Waals surface area (Å²) in [7, 11) is -9.37. The molecule has 3 aromatic carbocycles. The number of benzene rings is 3. The van der Waals surface area contributed by atoms with Crippen molar-refractivity contribution in [2.45, 2.75) is 74.1 Å². The highest BCUT2D eigenvalue weighted by molar-refractivity contribution is 7.86. The predicted octanol–water partition coefficient (Wildman–Crippen LogP) is 2.98. The summed E-state index contributed by atoms with van der Waals surface area (Å²) < 4.78 is 69.4. The molecule has 4 aliphatic rings. The maximum absolute atomic E-state index is 12.3. The second-order valence-electron chi connectivity index (χ2n) is 12.6. The molecule has 0 bridgehead atoms. The van der Waals surface area contributed by atoms with E-state index in [-0.39, 0.29) is 17.5 Å². The van der Waals surface area contributed by atoms with Crippen molar-refractivity contribution in [1.82, 2.24) is 4.58 Å². The maximum Gasteiger partial charge on any atom is 0.295 e. The zero-order valence-electron chi connectivity index (χ0n) is 23.9. The molecule has 220 valence electrons. The first kappa shape index (κ1) is 27.8. The first-order valence-electron chi connectivity index (χ1n) is 14.6. The third-order valence-electron chi connectivity index (χ3n) is 9.61. The standard InChI is InChI=1S/C32H34N2O6S2/c1-32(2)27-18-28-20(6-3-13-34(28)19-22-9-10-25(41(35,36)37)17-29(22)42(38,39)40)14-23(27)16-24-15-21-7-4-11-33-12-5-8-26(30(24)32)31(21)33/h9-10,14-18H,3-8,11-13,19H2,1-2H3,(H-,35,36,37,38,39,40)/p+1. The fourth-order valence-corrected chi connectivity index (χ4v) is 9.18. The number of fused-ring (bicyclic) bond motifs is 4. The zero-order valence-corrected chi connectivity index (χ0v) is 25.5. The molecule has 3 aromatic rings. The summed E-state index contributed by atoms with van der Waals surface area (Å²) in [6.45, 7) is 7.72. The van der Waals surface area contributed by atoms with Crippen molar-refractivity contribution < 1.29 is 25.9 Å². The minimum atomic E-state index is -4.74. The summed E-state index contributed by atoms with van der Waals surface area (Å²) in [5.74, 6) is 0. The van der Waals surface area contributed by atoms with Crippen molar-refractivity contribution in [2.24, 2.45) is 0 Å². The first-order valence-corrected chi connectivity index (χ1v) is 17.5. The van der Waals surface area contributed by atoms with Crippen LogP contribution >= 0.6 is 0 Å². The highest BCUT2D eigenvalue weighted by Gasteiger charge is 2.37. The molecular weight excluding hydrogens is 572 g/mol. The average molecular weight is 608 g/mol. The quantitative estimate of drug-likeness (QED) is 0.346. The van der Waals surface area contributed by atoms with E-state index >= 15 is 0 Å². The Hall–Kier alpha value is -3.05. The van der Waals surface area contributed by atoms with Crippen LogP contribution in [0.4, 0.5) is 5.69 Å². The third kappa shape index (κ3) is 4.42. The van der Waals surface area contributed by atoms with Gasteiger partial charge in [0.2, 0.25) is 5.36 Å². The molecule has 3 heterocycles. The van der Waals surface area contributed by atoms with Crippen molar-refractivity contribution in [2.75, 3.05) is 24.5 Å². The monoisotopic (exact) mass is 607 g/mol. The second-order valence-corrected chi connectivity index (χ2v) is 15.4. The molecule has 0 atom stereocenters. The lowest BCUT2D eigenvalue weighted by Gasteiger charge is -2.42. The van der Waals surface area contributed by atoms with E-state index in [0.29, 0.717) is 6.54 Å². The van der Waals surface area contributed by atoms with Gasteiger partial charge in [0.25, 0.3) is 20.2 Å². The van der Waals surface area contributed by atoms with Crippen LogP contribution in [0.2, 0.25) is 0 Å². The van der Waals surface area contributed by atoms with Gasteiger partial charge in [-0.15, -0.1) is 0 Å². The average Bonchev–Trinajstić information content (AvgIpc) is 2.91. The molecule has 0 fully saturated rings. The van der Waals surface area contributed by atoms with Gasteiger partial charge >= 0.3 is 0 Å². The van der Waals surface area contributed by atoms with Crippen molar-refractivity contribution in [3.8, 4) is 0 Å². The van der Waals surface area contributed by atoms with E-state index in [1.807, 2.05) is 0 Å². The van der Waals surface area contributed by atoms with Crippen LogP contribution < -0.4 is 20.1 Å². The molecular formula is C32H35N2O6S2+. The summed E-state index contributed by atoms with van der Waals surface area (Å²) in [6, 6.07) is 10.3. The largest absolute Gasteiger partial charge is 0.371 e. The Morgan fingerprint density at radius 2 is 1.62 bits per heavy atom. The molecule has 2 N–H and O–H groups in total. The van der Waals surface area contributed by atoms with Crippen LogP contribution in [0.5, 0.6) is 0 Å². The first-order chi connectivity index (χ1) is 19.8. The lowest BCUT2D eigenvalue weighted by Crippen LogP contribution is -2.43. The van der Waals surface area contributed by atoms with Crippen molar-refractivity contribution in [1.29, 1.82) is 0 Å². The van der Waals surface area contributed by atoms with E-state index in [4.69, 9.17) is 0 Å². The van der Waals surface area contributed by atoms with Crippen LogP contribution in [-0.4, -0.2) is 45.6 Å². The summed E-state index contributed by atoms with van der Waals surface area (Å²) in [5, 5.41) is 2.25. The van der Waals surface area contributed by atoms with Crippen molar-refractivity contribution in [3.05, 3.63) is 85.9 Å². The van der Waals surface area contributed by atoms with Gasteiger partial charge in [0.05, 0.1) is 4.90 Å². The molecule has 0 aromatic heterocycles. The topological polar surface area (TPSA) is 115 Å². The predicted molar refractivity (Wildman–Crippen MR) is 161 cm³/mol. The molecule has 0 saturated carbocycles. The van der Waals surface area contributed by atoms with Gasteiger partial charge < -0.3 is 4.90 Å². The lowest BCUT2D eigenvalue weighted by molar-refractivity contribution is 0.475. The van der Waals surface area contributed by atoms with Crippen LogP contribution in [0.3, 0.4) is 0 Å². The van der Waals surface area contributed by atoms with Gasteiger partial charge in [-0.05, 0) is 102 Å². The lowest BCUT2D eigenvalue weighted by atomic mass is 9.67. The van der Waals surface area contributed by atoms with Gasteiger partial charge in [-0.1, -0.05) is 13.8 Å². The van der Waals surface area contributed by atoms with E-state index in [1.165, 1.54) is 62.8 Å². The van der Waals surface area contributed by atoms with Crippen molar-refractivity contribution in [3.63, 3.8) is 0 Å². The fourth-order valence-electron chi connectivity index (χ4n) is 7.86. The van der Waals surface area contributed by atoms with Gasteiger partial charge in [0, 0.05) is 47.8 Å². The van der Waals surface area contributed by atoms with E-state index in [2.05, 4.69) is 47.6 Å². The Balaban J connectivity index is 1.41. The Kier molecular flexibility index (Phi) is 6.26. The smallest absolute Gasteiger partial charge is 0.295 e. The zero-order chi connectivity index (χ0) is 29.6. The Morgan fingerprint density at radius 3 is 2.36 bits per heavy atom. The molecule has 3 aliphatic heterocycles. The van der Waals surface area contributed by atoms with E-state index in [1.54, 1.807) is 0 Å². The molecule has 42 heavy (non-hydrogen) atoms. The molecule has 0 amide bonds. The minimum Gasteiger partial charge on any atom is -0.371 e. The second kappa shape index (κ2) is 9.47. The molecule has 8 nitrogen and oxygen atoms in total. The highest BCUT2D eigenvalue weighted by Crippen LogP contribution is 2.46. The summed E-state index contributed by atoms with van der Waals surface area (Å²) in [4.78, 5) is 1.49. The fraction of sp³-hybridized carbons (Fsp3) is 0.406. The van der Waals surface area contributed by atoms with Gasteiger partial charge in [0.15, 0.2) is 6.54 Å². The molecule has 0 radical (unpaired) electrons. The molecule has 7 rings (SSSR count). The van der Waals surface area contributed by atoms with Crippen LogP contribution in [0.1, 0.15) is 72.1 Å². The van der Waals surface area contributed by atoms with Gasteiger partial charge in [0.1, 0.15) is 11.4 Å². The Morgan fingerprint density at radius 1 is 0.881 bits per heavy atom. The highest BCUT2D eigenvalue weighted by atomic mass is 32.2. The number of aryl methyl sites for hydroxylation is 2. The number of anilines is 1. The van der Waals surface area contributed by atoms with E-state index in [9.17, 15) is 25.9 Å². The molecule has 0 unspecified atom stereocenters. The summed E-state index contributed by atoms with van der Waals surface area (Å²) >= 11 is 0. The normalized spacial score (nSPS) is 18.9. The van der Waals surface area contributed by atoms with Gasteiger partial charge in [-0.3, -0.25) is 9.11 Å². The molecule has 0 saturated heterocycles. The van der Waals surface area contributed by atoms with Crippen molar-refractivity contribution >= 4 is 32.0 Å². The minimum absolute atomic E-state index is 0.168. The van der Waals surface area contributed by atoms with Crippen LogP contribution in [-0.2, 0) is 51.5 Å². The van der Waals surface area contributed by atoms with Crippen LogP contribution in [0.25, 0.3) is 6.08 Å². The molecule has 1 aliphatic carbocycles. The molecule has 0 spiro atoms. The number of hydrogen-bond acceptors (Lipinski definition) is 5. The van der Waals surface area contributed by atoms with Gasteiger partial charge in [-0.25, -0.2) is 4.58 Å². The molecule has 10 heteroatoms. The van der Waals surface area contributed by atoms with Gasteiger partial charge in [-0.2, -0.15) is 16.8 Å². The van der Waals surface area contributed by atoms with E-state index < -0.39 is 30.0 Å². The third-order valence-corrected chi connectivity index (χ3v) is 11.4. The SMILES string of the molecule is CC1(C)c2c(cc3c4c2CCCN4CCC3)C=c2cc3c(cc21)=[N+](Cc1ccc(S(=O)(=O)O)cc1S(=O)(=O)O)CCC3. The number of nitrogens with zero attached hydrogens (tertiary/aromatic N) is 2. The summed E-state index contributed by atoms with van der Waals surface area (Å²) in [6.07, 6.45) is 8.71. The number of rotatable bonds is 4. The Labute approximate surface area is 246 Å². The maximum atomic E-state index is 12.3. The number of hydrogen-bond donors (Lipinski definition) is 2.